The molecule has 0 radical (unpaired) electrons. The highest BCUT2D eigenvalue weighted by Gasteiger charge is 2.05. The standard InChI is InChI=1S/C16H21N3O/c1-2-3-4-10-17-12-15(20)19-14-9-5-7-13-8-6-11-18-16(13)14/h5-9,11,17H,2-4,10,12H2,1H3,(H,19,20). The van der Waals surface area contributed by atoms with E-state index in [0.717, 1.165) is 29.6 Å². The van der Waals surface area contributed by atoms with Gasteiger partial charge in [0.1, 0.15) is 0 Å². The van der Waals surface area contributed by atoms with Crippen molar-refractivity contribution in [3.8, 4) is 0 Å². The molecule has 0 bridgehead atoms. The summed E-state index contributed by atoms with van der Waals surface area (Å²) in [6.45, 7) is 3.39. The van der Waals surface area contributed by atoms with Crippen LogP contribution in [0.1, 0.15) is 26.2 Å². The van der Waals surface area contributed by atoms with Crippen molar-refractivity contribution in [2.75, 3.05) is 18.4 Å². The Bertz CT molecular complexity index is 563. The summed E-state index contributed by atoms with van der Waals surface area (Å²) in [5.74, 6) is -0.0281. The highest BCUT2D eigenvalue weighted by molar-refractivity contribution is 6.00. The molecule has 0 aliphatic heterocycles. The molecule has 0 fully saturated rings. The quantitative estimate of drug-likeness (QED) is 0.761. The lowest BCUT2D eigenvalue weighted by atomic mass is 10.2. The number of fused-ring (bicyclic) bond motifs is 1. The summed E-state index contributed by atoms with van der Waals surface area (Å²) < 4.78 is 0. The van der Waals surface area contributed by atoms with Crippen LogP contribution in [0.3, 0.4) is 0 Å². The van der Waals surface area contributed by atoms with Gasteiger partial charge in [-0.2, -0.15) is 0 Å². The fourth-order valence-electron chi connectivity index (χ4n) is 2.10. The van der Waals surface area contributed by atoms with Gasteiger partial charge in [-0.25, -0.2) is 0 Å². The van der Waals surface area contributed by atoms with Crippen LogP contribution in [-0.4, -0.2) is 24.0 Å². The zero-order valence-electron chi connectivity index (χ0n) is 11.9. The monoisotopic (exact) mass is 271 g/mol. The summed E-state index contributed by atoms with van der Waals surface area (Å²) >= 11 is 0. The largest absolute Gasteiger partial charge is 0.323 e. The van der Waals surface area contributed by atoms with Gasteiger partial charge in [0.2, 0.25) is 5.91 Å². The Balaban J connectivity index is 1.90. The average molecular weight is 271 g/mol. The fourth-order valence-corrected chi connectivity index (χ4v) is 2.10. The molecular weight excluding hydrogens is 250 g/mol. The molecule has 20 heavy (non-hydrogen) atoms. The summed E-state index contributed by atoms with van der Waals surface area (Å²) in [6.07, 6.45) is 5.23. The molecule has 4 heteroatoms. The summed E-state index contributed by atoms with van der Waals surface area (Å²) in [5.41, 5.74) is 1.60. The number of anilines is 1. The van der Waals surface area contributed by atoms with Gasteiger partial charge < -0.3 is 10.6 Å². The topological polar surface area (TPSA) is 54.0 Å². The summed E-state index contributed by atoms with van der Waals surface area (Å²) in [7, 11) is 0. The smallest absolute Gasteiger partial charge is 0.238 e. The number of aromatic nitrogens is 1. The maximum atomic E-state index is 11.9. The van der Waals surface area contributed by atoms with Crippen LogP contribution in [0.2, 0.25) is 0 Å². The number of carbonyl (C=O) groups is 1. The second kappa shape index (κ2) is 7.60. The molecule has 0 aliphatic carbocycles. The molecular formula is C16H21N3O. The molecule has 2 N–H and O–H groups in total. The minimum atomic E-state index is -0.0281. The highest BCUT2D eigenvalue weighted by Crippen LogP contribution is 2.20. The number of hydrogen-bond donors (Lipinski definition) is 2. The summed E-state index contributed by atoms with van der Waals surface area (Å²) in [6, 6.07) is 9.67. The van der Waals surface area contributed by atoms with Crippen LogP contribution in [0, 0.1) is 0 Å². The highest BCUT2D eigenvalue weighted by atomic mass is 16.1. The van der Waals surface area contributed by atoms with E-state index in [4.69, 9.17) is 0 Å². The minimum absolute atomic E-state index is 0.0281. The van der Waals surface area contributed by atoms with Gasteiger partial charge in [-0.15, -0.1) is 0 Å². The lowest BCUT2D eigenvalue weighted by molar-refractivity contribution is -0.115. The van der Waals surface area contributed by atoms with Crippen LogP contribution >= 0.6 is 0 Å². The van der Waals surface area contributed by atoms with Gasteiger partial charge in [0.25, 0.3) is 0 Å². The molecule has 0 atom stereocenters. The van der Waals surface area contributed by atoms with E-state index in [0.29, 0.717) is 6.54 Å². The molecule has 1 amide bonds. The van der Waals surface area contributed by atoms with Crippen LogP contribution in [0.4, 0.5) is 5.69 Å². The molecule has 0 saturated carbocycles. The van der Waals surface area contributed by atoms with Crippen molar-refractivity contribution in [3.63, 3.8) is 0 Å². The first-order chi connectivity index (χ1) is 9.81. The third-order valence-corrected chi connectivity index (χ3v) is 3.15. The fraction of sp³-hybridized carbons (Fsp3) is 0.375. The average Bonchev–Trinajstić information content (AvgIpc) is 2.47. The van der Waals surface area contributed by atoms with E-state index in [9.17, 15) is 4.79 Å². The predicted molar refractivity (Wildman–Crippen MR) is 82.8 cm³/mol. The zero-order valence-corrected chi connectivity index (χ0v) is 11.9. The van der Waals surface area contributed by atoms with E-state index in [2.05, 4.69) is 22.5 Å². The molecule has 0 spiro atoms. The van der Waals surface area contributed by atoms with Crippen molar-refractivity contribution >= 4 is 22.5 Å². The Kier molecular flexibility index (Phi) is 5.50. The van der Waals surface area contributed by atoms with Gasteiger partial charge in [-0.1, -0.05) is 38.0 Å². The minimum Gasteiger partial charge on any atom is -0.323 e. The number of amides is 1. The maximum Gasteiger partial charge on any atom is 0.238 e. The third-order valence-electron chi connectivity index (χ3n) is 3.15. The van der Waals surface area contributed by atoms with Crippen molar-refractivity contribution in [1.82, 2.24) is 10.3 Å². The number of unbranched alkanes of at least 4 members (excludes halogenated alkanes) is 2. The second-order valence-corrected chi connectivity index (χ2v) is 4.81. The first-order valence-electron chi connectivity index (χ1n) is 7.15. The molecule has 0 saturated heterocycles. The Labute approximate surface area is 119 Å². The van der Waals surface area contributed by atoms with Gasteiger partial charge in [0, 0.05) is 11.6 Å². The number of nitrogens with zero attached hydrogens (tertiary/aromatic N) is 1. The van der Waals surface area contributed by atoms with Crippen LogP contribution in [-0.2, 0) is 4.79 Å². The first kappa shape index (κ1) is 14.5. The van der Waals surface area contributed by atoms with Crippen molar-refractivity contribution in [1.29, 1.82) is 0 Å². The van der Waals surface area contributed by atoms with E-state index in [1.807, 2.05) is 30.3 Å². The van der Waals surface area contributed by atoms with E-state index < -0.39 is 0 Å². The number of nitrogens with one attached hydrogen (secondary N) is 2. The molecule has 0 aliphatic rings. The lowest BCUT2D eigenvalue weighted by Crippen LogP contribution is -2.28. The molecule has 4 nitrogen and oxygen atoms in total. The van der Waals surface area contributed by atoms with Crippen LogP contribution < -0.4 is 10.6 Å². The van der Waals surface area contributed by atoms with Crippen molar-refractivity contribution in [2.24, 2.45) is 0 Å². The van der Waals surface area contributed by atoms with Gasteiger partial charge >= 0.3 is 0 Å². The third kappa shape index (κ3) is 4.03. The molecule has 106 valence electrons. The molecule has 1 aromatic heterocycles. The van der Waals surface area contributed by atoms with E-state index in [-0.39, 0.29) is 5.91 Å². The number of carbonyl (C=O) groups excluding carboxylic acids is 1. The zero-order chi connectivity index (χ0) is 14.2. The summed E-state index contributed by atoms with van der Waals surface area (Å²) in [5, 5.41) is 7.10. The van der Waals surface area contributed by atoms with Gasteiger partial charge in [0.15, 0.2) is 0 Å². The lowest BCUT2D eigenvalue weighted by Gasteiger charge is -2.08. The van der Waals surface area contributed by atoms with E-state index >= 15 is 0 Å². The molecule has 1 heterocycles. The second-order valence-electron chi connectivity index (χ2n) is 4.81. The van der Waals surface area contributed by atoms with E-state index in [1.165, 1.54) is 12.8 Å². The number of pyridine rings is 1. The van der Waals surface area contributed by atoms with Crippen LogP contribution in [0.25, 0.3) is 10.9 Å². The van der Waals surface area contributed by atoms with Crippen molar-refractivity contribution in [2.45, 2.75) is 26.2 Å². The van der Waals surface area contributed by atoms with Gasteiger partial charge in [0.05, 0.1) is 17.7 Å². The molecule has 2 rings (SSSR count). The van der Waals surface area contributed by atoms with Crippen LogP contribution in [0.15, 0.2) is 36.5 Å². The Hall–Kier alpha value is -1.94. The summed E-state index contributed by atoms with van der Waals surface area (Å²) in [4.78, 5) is 16.2. The number of benzene rings is 1. The normalized spacial score (nSPS) is 10.7. The number of para-hydroxylation sites is 1. The first-order valence-corrected chi connectivity index (χ1v) is 7.15. The van der Waals surface area contributed by atoms with Crippen molar-refractivity contribution in [3.05, 3.63) is 36.5 Å². The van der Waals surface area contributed by atoms with Crippen molar-refractivity contribution < 1.29 is 4.79 Å². The predicted octanol–water partition coefficient (Wildman–Crippen LogP) is 2.95. The molecule has 2 aromatic rings. The number of rotatable bonds is 7. The molecule has 1 aromatic carbocycles. The SMILES string of the molecule is CCCCCNCC(=O)Nc1cccc2cccnc12. The molecule has 0 unspecified atom stereocenters. The number of hydrogen-bond acceptors (Lipinski definition) is 3. The maximum absolute atomic E-state index is 11.9. The Morgan fingerprint density at radius 1 is 1.20 bits per heavy atom. The Morgan fingerprint density at radius 3 is 2.90 bits per heavy atom. The Morgan fingerprint density at radius 2 is 2.05 bits per heavy atom. The van der Waals surface area contributed by atoms with E-state index in [1.54, 1.807) is 6.20 Å². The van der Waals surface area contributed by atoms with Gasteiger partial charge in [-0.3, -0.25) is 9.78 Å². The van der Waals surface area contributed by atoms with Gasteiger partial charge in [-0.05, 0) is 25.1 Å². The van der Waals surface area contributed by atoms with Crippen LogP contribution in [0.5, 0.6) is 0 Å².